The lowest BCUT2D eigenvalue weighted by molar-refractivity contribution is -0.124. The molecule has 3 aromatic rings. The number of ether oxygens (including phenoxy) is 1. The van der Waals surface area contributed by atoms with E-state index in [0.29, 0.717) is 10.8 Å². The molecule has 0 bridgehead atoms. The molecule has 7 heteroatoms. The van der Waals surface area contributed by atoms with Gasteiger partial charge >= 0.3 is 5.97 Å². The van der Waals surface area contributed by atoms with Gasteiger partial charge in [-0.25, -0.2) is 9.78 Å². The van der Waals surface area contributed by atoms with E-state index in [4.69, 9.17) is 9.15 Å². The molecule has 0 aliphatic carbocycles. The summed E-state index contributed by atoms with van der Waals surface area (Å²) >= 11 is 1.48. The van der Waals surface area contributed by atoms with Crippen molar-refractivity contribution in [3.63, 3.8) is 0 Å². The van der Waals surface area contributed by atoms with Crippen LogP contribution in [0, 0.1) is 0 Å². The third-order valence-electron chi connectivity index (χ3n) is 3.67. The first kappa shape index (κ1) is 17.2. The normalized spacial score (nSPS) is 12.1. The van der Waals surface area contributed by atoms with Crippen LogP contribution in [0.25, 0.3) is 21.0 Å². The van der Waals surface area contributed by atoms with E-state index >= 15 is 0 Å². The highest BCUT2D eigenvalue weighted by Crippen LogP contribution is 2.31. The first-order valence-electron chi connectivity index (χ1n) is 7.99. The van der Waals surface area contributed by atoms with E-state index in [-0.39, 0.29) is 24.3 Å². The first-order valence-corrected chi connectivity index (χ1v) is 8.80. The molecule has 25 heavy (non-hydrogen) atoms. The summed E-state index contributed by atoms with van der Waals surface area (Å²) in [7, 11) is 0. The molecule has 130 valence electrons. The average molecular weight is 358 g/mol. The number of benzene rings is 1. The second kappa shape index (κ2) is 7.48. The van der Waals surface area contributed by atoms with Crippen molar-refractivity contribution in [3.8, 4) is 10.8 Å². The summed E-state index contributed by atoms with van der Waals surface area (Å²) in [5, 5.41) is 3.42. The summed E-state index contributed by atoms with van der Waals surface area (Å²) in [6.07, 6.45) is 0.809. The van der Waals surface area contributed by atoms with Crippen molar-refractivity contribution in [3.05, 3.63) is 42.2 Å². The Morgan fingerprint density at radius 3 is 2.84 bits per heavy atom. The van der Waals surface area contributed by atoms with E-state index in [1.807, 2.05) is 38.1 Å². The minimum atomic E-state index is -0.674. The molecule has 0 spiro atoms. The van der Waals surface area contributed by atoms with Crippen molar-refractivity contribution in [2.24, 2.45) is 0 Å². The number of aromatic nitrogens is 1. The van der Waals surface area contributed by atoms with Gasteiger partial charge in [0.25, 0.3) is 5.91 Å². The SMILES string of the molecule is CC[C@@H](C)NC(=O)COC(=O)c1ccc(-c2nc3ccccc3s2)o1. The monoisotopic (exact) mass is 358 g/mol. The number of fused-ring (bicyclic) bond motifs is 1. The molecule has 3 rings (SSSR count). The largest absolute Gasteiger partial charge is 0.450 e. The van der Waals surface area contributed by atoms with Gasteiger partial charge in [-0.05, 0) is 37.6 Å². The topological polar surface area (TPSA) is 81.4 Å². The highest BCUT2D eigenvalue weighted by atomic mass is 32.1. The van der Waals surface area contributed by atoms with Gasteiger partial charge in [0.15, 0.2) is 17.4 Å². The van der Waals surface area contributed by atoms with Crippen LogP contribution >= 0.6 is 11.3 Å². The van der Waals surface area contributed by atoms with Crippen molar-refractivity contribution in [1.82, 2.24) is 10.3 Å². The molecule has 1 aromatic carbocycles. The smallest absolute Gasteiger partial charge is 0.374 e. The molecule has 0 saturated heterocycles. The summed E-state index contributed by atoms with van der Waals surface area (Å²) < 4.78 is 11.6. The van der Waals surface area contributed by atoms with E-state index in [0.717, 1.165) is 16.6 Å². The predicted octanol–water partition coefficient (Wildman–Crippen LogP) is 3.63. The Kier molecular flexibility index (Phi) is 5.14. The molecule has 0 saturated carbocycles. The van der Waals surface area contributed by atoms with Crippen molar-refractivity contribution in [1.29, 1.82) is 0 Å². The molecular formula is C18H18N2O4S. The number of hydrogen-bond acceptors (Lipinski definition) is 6. The molecule has 0 radical (unpaired) electrons. The van der Waals surface area contributed by atoms with E-state index in [2.05, 4.69) is 10.3 Å². The van der Waals surface area contributed by atoms with Gasteiger partial charge in [0.2, 0.25) is 5.76 Å². The molecule has 0 aliphatic rings. The third-order valence-corrected chi connectivity index (χ3v) is 4.72. The summed E-state index contributed by atoms with van der Waals surface area (Å²) in [6.45, 7) is 3.51. The fourth-order valence-electron chi connectivity index (χ4n) is 2.16. The van der Waals surface area contributed by atoms with Crippen molar-refractivity contribution >= 4 is 33.4 Å². The number of thiazole rings is 1. The Bertz CT molecular complexity index is 866. The zero-order valence-corrected chi connectivity index (χ0v) is 14.8. The third kappa shape index (κ3) is 4.06. The maximum Gasteiger partial charge on any atom is 0.374 e. The van der Waals surface area contributed by atoms with Crippen LogP contribution in [0.5, 0.6) is 0 Å². The number of furan rings is 1. The number of nitrogens with one attached hydrogen (secondary N) is 1. The van der Waals surface area contributed by atoms with E-state index in [1.54, 1.807) is 6.07 Å². The van der Waals surface area contributed by atoms with Gasteiger partial charge in [-0.15, -0.1) is 11.3 Å². The quantitative estimate of drug-likeness (QED) is 0.681. The lowest BCUT2D eigenvalue weighted by Crippen LogP contribution is -2.35. The minimum absolute atomic E-state index is 0.0421. The molecule has 1 N–H and O–H groups in total. The standard InChI is InChI=1S/C18H18N2O4S/c1-3-11(2)19-16(21)10-23-18(22)14-9-8-13(24-14)17-20-12-6-4-5-7-15(12)25-17/h4-9,11H,3,10H2,1-2H3,(H,19,21)/t11-/m1/s1. The Labute approximate surface area is 148 Å². The van der Waals surface area contributed by atoms with Crippen LogP contribution in [-0.2, 0) is 9.53 Å². The lowest BCUT2D eigenvalue weighted by Gasteiger charge is -2.10. The van der Waals surface area contributed by atoms with Crippen LogP contribution in [-0.4, -0.2) is 29.5 Å². The Morgan fingerprint density at radius 1 is 1.28 bits per heavy atom. The van der Waals surface area contributed by atoms with Gasteiger partial charge in [-0.3, -0.25) is 4.79 Å². The highest BCUT2D eigenvalue weighted by Gasteiger charge is 2.17. The summed E-state index contributed by atoms with van der Waals surface area (Å²) in [5.74, 6) is -0.463. The molecule has 1 atom stereocenters. The second-order valence-corrected chi connectivity index (χ2v) is 6.63. The van der Waals surface area contributed by atoms with Crippen LogP contribution < -0.4 is 5.32 Å². The molecule has 0 aliphatic heterocycles. The van der Waals surface area contributed by atoms with E-state index in [9.17, 15) is 9.59 Å². The van der Waals surface area contributed by atoms with Gasteiger partial charge in [0.1, 0.15) is 0 Å². The maximum atomic E-state index is 12.0. The number of esters is 1. The summed E-state index contributed by atoms with van der Waals surface area (Å²) in [6, 6.07) is 11.0. The average Bonchev–Trinajstić information content (AvgIpc) is 3.25. The van der Waals surface area contributed by atoms with Crippen LogP contribution in [0.3, 0.4) is 0 Å². The Balaban J connectivity index is 1.64. The molecule has 6 nitrogen and oxygen atoms in total. The van der Waals surface area contributed by atoms with Crippen LogP contribution in [0.15, 0.2) is 40.8 Å². The molecule has 2 heterocycles. The number of carbonyl (C=O) groups excluding carboxylic acids is 2. The van der Waals surface area contributed by atoms with Crippen molar-refractivity contribution in [2.45, 2.75) is 26.3 Å². The van der Waals surface area contributed by atoms with Crippen molar-refractivity contribution in [2.75, 3.05) is 6.61 Å². The fraction of sp³-hybridized carbons (Fsp3) is 0.278. The van der Waals surface area contributed by atoms with Crippen LogP contribution in [0.1, 0.15) is 30.8 Å². The molecule has 0 fully saturated rings. The van der Waals surface area contributed by atoms with Crippen molar-refractivity contribution < 1.29 is 18.7 Å². The van der Waals surface area contributed by atoms with Gasteiger partial charge in [0, 0.05) is 6.04 Å². The number of para-hydroxylation sites is 1. The second-order valence-electron chi connectivity index (χ2n) is 5.60. The van der Waals surface area contributed by atoms with E-state index in [1.165, 1.54) is 17.4 Å². The van der Waals surface area contributed by atoms with Crippen LogP contribution in [0.2, 0.25) is 0 Å². The maximum absolute atomic E-state index is 12.0. The molecule has 1 amide bonds. The van der Waals surface area contributed by atoms with Crippen LogP contribution in [0.4, 0.5) is 0 Å². The zero-order chi connectivity index (χ0) is 17.8. The Morgan fingerprint density at radius 2 is 2.08 bits per heavy atom. The number of hydrogen-bond donors (Lipinski definition) is 1. The van der Waals surface area contributed by atoms with Gasteiger partial charge < -0.3 is 14.5 Å². The van der Waals surface area contributed by atoms with Gasteiger partial charge in [-0.2, -0.15) is 0 Å². The number of rotatable bonds is 6. The minimum Gasteiger partial charge on any atom is -0.450 e. The highest BCUT2D eigenvalue weighted by molar-refractivity contribution is 7.21. The number of amides is 1. The number of nitrogens with zero attached hydrogens (tertiary/aromatic N) is 1. The first-order chi connectivity index (χ1) is 12.1. The fourth-order valence-corrected chi connectivity index (χ4v) is 3.09. The van der Waals surface area contributed by atoms with Gasteiger partial charge in [0.05, 0.1) is 10.2 Å². The molecule has 2 aromatic heterocycles. The zero-order valence-electron chi connectivity index (χ0n) is 13.9. The van der Waals surface area contributed by atoms with E-state index < -0.39 is 5.97 Å². The summed E-state index contributed by atoms with van der Waals surface area (Å²) in [4.78, 5) is 28.1. The number of carbonyl (C=O) groups is 2. The Hall–Kier alpha value is -2.67. The summed E-state index contributed by atoms with van der Waals surface area (Å²) in [5.41, 5.74) is 0.879. The predicted molar refractivity (Wildman–Crippen MR) is 95.5 cm³/mol. The lowest BCUT2D eigenvalue weighted by atomic mass is 10.2. The molecular weight excluding hydrogens is 340 g/mol. The van der Waals surface area contributed by atoms with Gasteiger partial charge in [-0.1, -0.05) is 19.1 Å². The molecule has 0 unspecified atom stereocenters.